The van der Waals surface area contributed by atoms with E-state index in [0.29, 0.717) is 18.0 Å². The maximum absolute atomic E-state index is 12.1. The Hall–Kier alpha value is -2.50. The third kappa shape index (κ3) is 6.62. The first-order valence-electron chi connectivity index (χ1n) is 9.39. The predicted octanol–water partition coefficient (Wildman–Crippen LogP) is 3.18. The molecule has 148 valence electrons. The predicted molar refractivity (Wildman–Crippen MR) is 103 cm³/mol. The first kappa shape index (κ1) is 20.8. The van der Waals surface area contributed by atoms with Gasteiger partial charge in [0.1, 0.15) is 0 Å². The van der Waals surface area contributed by atoms with Crippen LogP contribution in [0.2, 0.25) is 0 Å². The highest BCUT2D eigenvalue weighted by atomic mass is 16.5. The van der Waals surface area contributed by atoms with Crippen LogP contribution in [0.25, 0.3) is 0 Å². The molecule has 1 aliphatic carbocycles. The SMILES string of the molecule is COc1ccc(CC(=O)O[C@H](C)C(=O)NCCC2=CCCCC2)cc1OC. The van der Waals surface area contributed by atoms with Crippen LogP contribution >= 0.6 is 0 Å². The second-order valence-electron chi connectivity index (χ2n) is 6.65. The standard InChI is InChI=1S/C21H29NO5/c1-15(21(24)22-12-11-16-7-5-4-6-8-16)27-20(23)14-17-9-10-18(25-2)19(13-17)26-3/h7,9-10,13,15H,4-6,8,11-12,14H2,1-3H3,(H,22,24)/t15-/m1/s1. The quantitative estimate of drug-likeness (QED) is 0.530. The summed E-state index contributed by atoms with van der Waals surface area (Å²) in [5.74, 6) is 0.410. The molecule has 0 saturated carbocycles. The number of methoxy groups -OCH3 is 2. The first-order valence-corrected chi connectivity index (χ1v) is 9.39. The third-order valence-electron chi connectivity index (χ3n) is 4.60. The lowest BCUT2D eigenvalue weighted by Crippen LogP contribution is -2.36. The maximum atomic E-state index is 12.1. The Morgan fingerprint density at radius 1 is 1.15 bits per heavy atom. The number of hydrogen-bond acceptors (Lipinski definition) is 5. The van der Waals surface area contributed by atoms with Gasteiger partial charge in [0.15, 0.2) is 17.6 Å². The van der Waals surface area contributed by atoms with Crippen LogP contribution in [0.1, 0.15) is 44.6 Å². The fourth-order valence-electron chi connectivity index (χ4n) is 3.07. The molecule has 0 fully saturated rings. The molecule has 0 bridgehead atoms. The summed E-state index contributed by atoms with van der Waals surface area (Å²) in [4.78, 5) is 24.2. The van der Waals surface area contributed by atoms with E-state index >= 15 is 0 Å². The monoisotopic (exact) mass is 375 g/mol. The molecular weight excluding hydrogens is 346 g/mol. The molecule has 1 aliphatic rings. The van der Waals surface area contributed by atoms with Gasteiger partial charge in [-0.3, -0.25) is 9.59 Å². The van der Waals surface area contributed by atoms with Crippen molar-refractivity contribution < 1.29 is 23.8 Å². The van der Waals surface area contributed by atoms with Crippen molar-refractivity contribution in [3.63, 3.8) is 0 Å². The zero-order valence-electron chi connectivity index (χ0n) is 16.4. The topological polar surface area (TPSA) is 73.9 Å². The van der Waals surface area contributed by atoms with Crippen molar-refractivity contribution in [3.05, 3.63) is 35.4 Å². The number of benzene rings is 1. The van der Waals surface area contributed by atoms with Gasteiger partial charge in [-0.15, -0.1) is 0 Å². The molecular formula is C21H29NO5. The first-order chi connectivity index (χ1) is 13.0. The van der Waals surface area contributed by atoms with Crippen LogP contribution < -0.4 is 14.8 Å². The van der Waals surface area contributed by atoms with Gasteiger partial charge in [0.05, 0.1) is 20.6 Å². The van der Waals surface area contributed by atoms with Gasteiger partial charge in [-0.1, -0.05) is 17.7 Å². The van der Waals surface area contributed by atoms with Crippen LogP contribution in [0.15, 0.2) is 29.8 Å². The Morgan fingerprint density at radius 3 is 2.59 bits per heavy atom. The summed E-state index contributed by atoms with van der Waals surface area (Å²) < 4.78 is 15.7. The normalized spacial score (nSPS) is 14.7. The van der Waals surface area contributed by atoms with Gasteiger partial charge in [0, 0.05) is 6.54 Å². The highest BCUT2D eigenvalue weighted by Crippen LogP contribution is 2.27. The van der Waals surface area contributed by atoms with E-state index in [1.807, 2.05) is 0 Å². The molecule has 1 amide bonds. The summed E-state index contributed by atoms with van der Waals surface area (Å²) in [6.07, 6.45) is 7.09. The molecule has 6 heteroatoms. The second kappa shape index (κ2) is 10.6. The van der Waals surface area contributed by atoms with Gasteiger partial charge in [-0.2, -0.15) is 0 Å². The van der Waals surface area contributed by atoms with E-state index in [2.05, 4.69) is 11.4 Å². The lowest BCUT2D eigenvalue weighted by molar-refractivity contribution is -0.154. The van der Waals surface area contributed by atoms with Crippen molar-refractivity contribution >= 4 is 11.9 Å². The molecule has 0 saturated heterocycles. The number of allylic oxidation sites excluding steroid dienone is 1. The third-order valence-corrected chi connectivity index (χ3v) is 4.60. The Kier molecular flexibility index (Phi) is 8.17. The van der Waals surface area contributed by atoms with Gasteiger partial charge >= 0.3 is 5.97 Å². The number of carbonyl (C=O) groups is 2. The van der Waals surface area contributed by atoms with Gasteiger partial charge < -0.3 is 19.5 Å². The van der Waals surface area contributed by atoms with Crippen molar-refractivity contribution in [2.24, 2.45) is 0 Å². The zero-order valence-corrected chi connectivity index (χ0v) is 16.4. The van der Waals surface area contributed by atoms with Crippen LogP contribution in [-0.2, 0) is 20.7 Å². The van der Waals surface area contributed by atoms with E-state index in [9.17, 15) is 9.59 Å². The van der Waals surface area contributed by atoms with Crippen molar-refractivity contribution in [3.8, 4) is 11.5 Å². The molecule has 0 aliphatic heterocycles. The number of ether oxygens (including phenoxy) is 3. The van der Waals surface area contributed by atoms with E-state index in [1.165, 1.54) is 25.5 Å². The summed E-state index contributed by atoms with van der Waals surface area (Å²) in [6, 6.07) is 5.23. The van der Waals surface area contributed by atoms with Gasteiger partial charge in [-0.05, 0) is 56.7 Å². The Morgan fingerprint density at radius 2 is 1.93 bits per heavy atom. The fourth-order valence-corrected chi connectivity index (χ4v) is 3.07. The van der Waals surface area contributed by atoms with Crippen LogP contribution in [0, 0.1) is 0 Å². The molecule has 0 unspecified atom stereocenters. The smallest absolute Gasteiger partial charge is 0.311 e. The van der Waals surface area contributed by atoms with Gasteiger partial charge in [-0.25, -0.2) is 0 Å². The molecule has 0 aromatic heterocycles. The number of rotatable bonds is 9. The minimum absolute atomic E-state index is 0.0604. The molecule has 0 spiro atoms. The van der Waals surface area contributed by atoms with Crippen molar-refractivity contribution in [1.29, 1.82) is 0 Å². The number of hydrogen-bond donors (Lipinski definition) is 1. The number of carbonyl (C=O) groups excluding carboxylic acids is 2. The molecule has 0 heterocycles. The van der Waals surface area contributed by atoms with Crippen LogP contribution in [-0.4, -0.2) is 38.7 Å². The van der Waals surface area contributed by atoms with E-state index < -0.39 is 12.1 Å². The average molecular weight is 375 g/mol. The second-order valence-corrected chi connectivity index (χ2v) is 6.65. The molecule has 6 nitrogen and oxygen atoms in total. The highest BCUT2D eigenvalue weighted by molar-refractivity contribution is 5.83. The number of nitrogens with one attached hydrogen (secondary N) is 1. The van der Waals surface area contributed by atoms with E-state index in [-0.39, 0.29) is 12.3 Å². The Labute approximate surface area is 160 Å². The van der Waals surface area contributed by atoms with Crippen molar-refractivity contribution in [2.45, 2.75) is 51.6 Å². The summed E-state index contributed by atoms with van der Waals surface area (Å²) in [5.41, 5.74) is 2.13. The average Bonchev–Trinajstić information content (AvgIpc) is 2.68. The minimum atomic E-state index is -0.821. The van der Waals surface area contributed by atoms with Crippen LogP contribution in [0.5, 0.6) is 11.5 Å². The maximum Gasteiger partial charge on any atom is 0.311 e. The summed E-state index contributed by atoms with van der Waals surface area (Å²) in [6.45, 7) is 2.16. The minimum Gasteiger partial charge on any atom is -0.493 e. The number of amides is 1. The molecule has 27 heavy (non-hydrogen) atoms. The van der Waals surface area contributed by atoms with Crippen LogP contribution in [0.4, 0.5) is 0 Å². The van der Waals surface area contributed by atoms with Gasteiger partial charge in [0.25, 0.3) is 5.91 Å². The molecule has 1 aromatic carbocycles. The van der Waals surface area contributed by atoms with E-state index in [1.54, 1.807) is 32.2 Å². The van der Waals surface area contributed by atoms with E-state index in [0.717, 1.165) is 24.8 Å². The molecule has 1 aromatic rings. The summed E-state index contributed by atoms with van der Waals surface area (Å²) in [5, 5.41) is 2.84. The van der Waals surface area contributed by atoms with Gasteiger partial charge in [0.2, 0.25) is 0 Å². The largest absolute Gasteiger partial charge is 0.493 e. The van der Waals surface area contributed by atoms with Crippen molar-refractivity contribution in [2.75, 3.05) is 20.8 Å². The summed E-state index contributed by atoms with van der Waals surface area (Å²) >= 11 is 0. The molecule has 0 radical (unpaired) electrons. The fraction of sp³-hybridized carbons (Fsp3) is 0.524. The highest BCUT2D eigenvalue weighted by Gasteiger charge is 2.18. The molecule has 1 N–H and O–H groups in total. The van der Waals surface area contributed by atoms with E-state index in [4.69, 9.17) is 14.2 Å². The lowest BCUT2D eigenvalue weighted by Gasteiger charge is -2.16. The number of esters is 1. The molecule has 2 rings (SSSR count). The summed E-state index contributed by atoms with van der Waals surface area (Å²) in [7, 11) is 3.09. The Balaban J connectivity index is 1.77. The zero-order chi connectivity index (χ0) is 19.6. The lowest BCUT2D eigenvalue weighted by atomic mass is 9.97. The molecule has 1 atom stereocenters. The van der Waals surface area contributed by atoms with Crippen LogP contribution in [0.3, 0.4) is 0 Å². The Bertz CT molecular complexity index is 683. The van der Waals surface area contributed by atoms with Crippen molar-refractivity contribution in [1.82, 2.24) is 5.32 Å².